The highest BCUT2D eigenvalue weighted by molar-refractivity contribution is 9.10. The Bertz CT molecular complexity index is 370. The van der Waals surface area contributed by atoms with Gasteiger partial charge in [-0.25, -0.2) is 0 Å². The Morgan fingerprint density at radius 1 is 1.31 bits per heavy atom. The smallest absolute Gasteiger partial charge is 0.169 e. The summed E-state index contributed by atoms with van der Waals surface area (Å²) in [5.74, 6) is 0. The van der Waals surface area contributed by atoms with Crippen LogP contribution in [0.3, 0.4) is 0 Å². The van der Waals surface area contributed by atoms with Crippen molar-refractivity contribution in [1.29, 1.82) is 5.26 Å². The van der Waals surface area contributed by atoms with Crippen LogP contribution in [0.15, 0.2) is 28.7 Å². The normalized spacial score (nSPS) is 16.2. The highest BCUT2D eigenvalue weighted by Gasteiger charge is 2.17. The van der Waals surface area contributed by atoms with Gasteiger partial charge >= 0.3 is 0 Å². The van der Waals surface area contributed by atoms with Gasteiger partial charge in [-0.05, 0) is 31.5 Å². The van der Waals surface area contributed by atoms with Crippen LogP contribution in [0.25, 0.3) is 0 Å². The summed E-state index contributed by atoms with van der Waals surface area (Å²) in [6.07, 6.45) is -1.60. The summed E-state index contributed by atoms with van der Waals surface area (Å²) in [6, 6.07) is 9.44. The maximum atomic E-state index is 9.31. The van der Waals surface area contributed by atoms with Gasteiger partial charge in [-0.2, -0.15) is 5.26 Å². The van der Waals surface area contributed by atoms with E-state index in [1.165, 1.54) is 0 Å². The minimum Gasteiger partial charge on any atom is -0.391 e. The van der Waals surface area contributed by atoms with Crippen molar-refractivity contribution in [3.63, 3.8) is 0 Å². The third-order valence-corrected chi connectivity index (χ3v) is 2.85. The Labute approximate surface area is 104 Å². The van der Waals surface area contributed by atoms with Crippen molar-refractivity contribution in [2.45, 2.75) is 32.2 Å². The van der Waals surface area contributed by atoms with Crippen LogP contribution in [0, 0.1) is 11.3 Å². The Kier molecular flexibility index (Phi) is 4.94. The molecule has 3 atom stereocenters. The van der Waals surface area contributed by atoms with E-state index in [-0.39, 0.29) is 6.10 Å². The van der Waals surface area contributed by atoms with E-state index in [9.17, 15) is 5.11 Å². The minimum atomic E-state index is -0.641. The molecule has 0 fully saturated rings. The van der Waals surface area contributed by atoms with Crippen LogP contribution >= 0.6 is 15.9 Å². The van der Waals surface area contributed by atoms with E-state index in [2.05, 4.69) is 22.0 Å². The molecule has 0 aliphatic heterocycles. The Hall–Kier alpha value is -0.890. The van der Waals surface area contributed by atoms with Crippen LogP contribution < -0.4 is 0 Å². The van der Waals surface area contributed by atoms with Crippen molar-refractivity contribution in [3.8, 4) is 6.07 Å². The zero-order chi connectivity index (χ0) is 12.1. The van der Waals surface area contributed by atoms with Crippen molar-refractivity contribution in [2.75, 3.05) is 0 Å². The first-order chi connectivity index (χ1) is 7.54. The first-order valence-corrected chi connectivity index (χ1v) is 5.82. The largest absolute Gasteiger partial charge is 0.391 e. The molecule has 1 aromatic rings. The molecule has 0 radical (unpaired) electrons. The first-order valence-electron chi connectivity index (χ1n) is 5.03. The number of aliphatic hydroxyl groups excluding tert-OH is 1. The topological polar surface area (TPSA) is 53.2 Å². The molecule has 0 amide bonds. The van der Waals surface area contributed by atoms with Crippen LogP contribution in [0.4, 0.5) is 0 Å². The summed E-state index contributed by atoms with van der Waals surface area (Å²) in [4.78, 5) is 0. The fraction of sp³-hybridized carbons (Fsp3) is 0.417. The highest BCUT2D eigenvalue weighted by atomic mass is 79.9. The maximum absolute atomic E-state index is 9.31. The molecule has 0 saturated carbocycles. The Morgan fingerprint density at radius 3 is 2.31 bits per heavy atom. The van der Waals surface area contributed by atoms with Crippen molar-refractivity contribution in [3.05, 3.63) is 34.3 Å². The van der Waals surface area contributed by atoms with Crippen molar-refractivity contribution < 1.29 is 9.84 Å². The number of hydrogen-bond donors (Lipinski definition) is 1. The zero-order valence-corrected chi connectivity index (χ0v) is 10.8. The van der Waals surface area contributed by atoms with Gasteiger partial charge in [-0.15, -0.1) is 0 Å². The number of benzene rings is 1. The number of nitriles is 1. The lowest BCUT2D eigenvalue weighted by Crippen LogP contribution is -2.24. The maximum Gasteiger partial charge on any atom is 0.169 e. The van der Waals surface area contributed by atoms with Crippen molar-refractivity contribution >= 4 is 15.9 Å². The predicted octanol–water partition coefficient (Wildman–Crippen LogP) is 2.80. The predicted molar refractivity (Wildman–Crippen MR) is 64.7 cm³/mol. The summed E-state index contributed by atoms with van der Waals surface area (Å²) >= 11 is 3.33. The summed E-state index contributed by atoms with van der Waals surface area (Å²) in [6.45, 7) is 3.38. The third-order valence-electron chi connectivity index (χ3n) is 2.32. The summed E-state index contributed by atoms with van der Waals surface area (Å²) in [7, 11) is 0. The molecule has 0 spiro atoms. The average molecular weight is 284 g/mol. The van der Waals surface area contributed by atoms with Crippen molar-refractivity contribution in [2.24, 2.45) is 0 Å². The molecular weight excluding hydrogens is 270 g/mol. The number of aliphatic hydroxyl groups is 1. The van der Waals surface area contributed by atoms with Gasteiger partial charge in [0.15, 0.2) is 6.10 Å². The van der Waals surface area contributed by atoms with Crippen LogP contribution in [-0.2, 0) is 4.74 Å². The lowest BCUT2D eigenvalue weighted by Gasteiger charge is -2.19. The van der Waals surface area contributed by atoms with E-state index in [0.29, 0.717) is 0 Å². The zero-order valence-electron chi connectivity index (χ0n) is 9.22. The van der Waals surface area contributed by atoms with Crippen LogP contribution in [0.1, 0.15) is 25.5 Å². The second-order valence-corrected chi connectivity index (χ2v) is 4.56. The SMILES string of the molecule is CC(O)C(C)OC(C#N)c1ccc(Br)cc1. The van der Waals surface area contributed by atoms with Crippen LogP contribution in [-0.4, -0.2) is 17.3 Å². The quantitative estimate of drug-likeness (QED) is 0.925. The fourth-order valence-corrected chi connectivity index (χ4v) is 1.41. The fourth-order valence-electron chi connectivity index (χ4n) is 1.15. The summed E-state index contributed by atoms with van der Waals surface area (Å²) in [5.41, 5.74) is 0.790. The van der Waals surface area contributed by atoms with E-state index in [0.717, 1.165) is 10.0 Å². The molecule has 0 aliphatic rings. The van der Waals surface area contributed by atoms with E-state index in [1.807, 2.05) is 24.3 Å². The molecule has 3 unspecified atom stereocenters. The van der Waals surface area contributed by atoms with Gasteiger partial charge in [0, 0.05) is 4.47 Å². The van der Waals surface area contributed by atoms with Gasteiger partial charge in [0.25, 0.3) is 0 Å². The van der Waals surface area contributed by atoms with Gasteiger partial charge in [0.2, 0.25) is 0 Å². The number of ether oxygens (including phenoxy) is 1. The summed E-state index contributed by atoms with van der Waals surface area (Å²) < 4.78 is 6.42. The summed E-state index contributed by atoms with van der Waals surface area (Å²) in [5, 5.41) is 18.3. The molecule has 1 rings (SSSR count). The Morgan fingerprint density at radius 2 is 1.88 bits per heavy atom. The van der Waals surface area contributed by atoms with Gasteiger partial charge in [0.1, 0.15) is 0 Å². The van der Waals surface area contributed by atoms with Gasteiger partial charge in [-0.3, -0.25) is 0 Å². The monoisotopic (exact) mass is 283 g/mol. The molecule has 3 nitrogen and oxygen atoms in total. The third kappa shape index (κ3) is 3.60. The molecule has 0 aromatic heterocycles. The molecule has 1 aromatic carbocycles. The van der Waals surface area contributed by atoms with E-state index < -0.39 is 12.2 Å². The molecule has 1 N–H and O–H groups in total. The van der Waals surface area contributed by atoms with Gasteiger partial charge in [0.05, 0.1) is 18.3 Å². The number of nitrogens with zero attached hydrogens (tertiary/aromatic N) is 1. The van der Waals surface area contributed by atoms with E-state index in [4.69, 9.17) is 10.00 Å². The molecule has 0 bridgehead atoms. The molecule has 0 saturated heterocycles. The van der Waals surface area contributed by atoms with E-state index in [1.54, 1.807) is 13.8 Å². The first kappa shape index (κ1) is 13.2. The second kappa shape index (κ2) is 6.00. The second-order valence-electron chi connectivity index (χ2n) is 3.64. The molecule has 4 heteroatoms. The molecule has 0 heterocycles. The van der Waals surface area contributed by atoms with Crippen molar-refractivity contribution in [1.82, 2.24) is 0 Å². The number of rotatable bonds is 4. The lowest BCUT2D eigenvalue weighted by molar-refractivity contribution is -0.0426. The minimum absolute atomic E-state index is 0.367. The molecule has 0 aliphatic carbocycles. The molecular formula is C12H14BrNO2. The van der Waals surface area contributed by atoms with Gasteiger partial charge in [-0.1, -0.05) is 28.1 Å². The highest BCUT2D eigenvalue weighted by Crippen LogP contribution is 2.21. The lowest BCUT2D eigenvalue weighted by atomic mass is 10.1. The standard InChI is InChI=1S/C12H14BrNO2/c1-8(15)9(2)16-12(7-14)10-3-5-11(13)6-4-10/h3-6,8-9,12,15H,1-2H3. The van der Waals surface area contributed by atoms with Crippen LogP contribution in [0.5, 0.6) is 0 Å². The van der Waals surface area contributed by atoms with Crippen LogP contribution in [0.2, 0.25) is 0 Å². The number of halogens is 1. The molecule has 86 valence electrons. The van der Waals surface area contributed by atoms with E-state index >= 15 is 0 Å². The number of hydrogen-bond acceptors (Lipinski definition) is 3. The molecule has 16 heavy (non-hydrogen) atoms. The van der Waals surface area contributed by atoms with Gasteiger partial charge < -0.3 is 9.84 Å². The average Bonchev–Trinajstić information content (AvgIpc) is 2.26. The Balaban J connectivity index is 2.76.